The number of primary sulfonamides is 1. The Morgan fingerprint density at radius 3 is 2.79 bits per heavy atom. The zero-order valence-corrected chi connectivity index (χ0v) is 13.1. The molecule has 0 saturated heterocycles. The Hall–Kier alpha value is -0.960. The largest absolute Gasteiger partial charge is 0.348 e. The van der Waals surface area contributed by atoms with Crippen LogP contribution in [-0.2, 0) is 16.4 Å². The van der Waals surface area contributed by atoms with Crippen LogP contribution in [0.3, 0.4) is 0 Å². The highest BCUT2D eigenvalue weighted by Crippen LogP contribution is 2.26. The van der Waals surface area contributed by atoms with Gasteiger partial charge in [-0.05, 0) is 18.4 Å². The van der Waals surface area contributed by atoms with Crippen LogP contribution in [-0.4, -0.2) is 26.5 Å². The van der Waals surface area contributed by atoms with Crippen molar-refractivity contribution in [2.45, 2.75) is 23.6 Å². The lowest BCUT2D eigenvalue weighted by molar-refractivity contribution is 0.599. The lowest BCUT2D eigenvalue weighted by Gasteiger charge is -2.23. The molecule has 0 radical (unpaired) electrons. The number of sulfonamides is 1. The Morgan fingerprint density at radius 2 is 2.26 bits per heavy atom. The molecule has 2 aromatic heterocycles. The van der Waals surface area contributed by atoms with Crippen molar-refractivity contribution in [1.29, 1.82) is 0 Å². The minimum Gasteiger partial charge on any atom is -0.348 e. The molecule has 0 amide bonds. The first-order valence-electron chi connectivity index (χ1n) is 5.62. The van der Waals surface area contributed by atoms with Gasteiger partial charge in [0.05, 0.1) is 6.20 Å². The van der Waals surface area contributed by atoms with E-state index in [1.54, 1.807) is 11.3 Å². The molecule has 5 nitrogen and oxygen atoms in total. The minimum atomic E-state index is -3.66. The van der Waals surface area contributed by atoms with Crippen molar-refractivity contribution in [3.05, 3.63) is 28.6 Å². The number of hydrogen-bond donors (Lipinski definition) is 1. The zero-order chi connectivity index (χ0) is 14.0. The van der Waals surface area contributed by atoms with Crippen LogP contribution < -0.4 is 10.0 Å². The van der Waals surface area contributed by atoms with Crippen LogP contribution in [0.25, 0.3) is 0 Å². The van der Waals surface area contributed by atoms with Crippen molar-refractivity contribution < 1.29 is 8.42 Å². The van der Waals surface area contributed by atoms with Crippen molar-refractivity contribution in [2.24, 2.45) is 5.14 Å². The van der Waals surface area contributed by atoms with Crippen LogP contribution >= 0.6 is 22.7 Å². The van der Waals surface area contributed by atoms with Gasteiger partial charge in [-0.15, -0.1) is 11.3 Å². The van der Waals surface area contributed by atoms with Crippen molar-refractivity contribution in [1.82, 2.24) is 4.98 Å². The molecule has 2 rings (SSSR count). The summed E-state index contributed by atoms with van der Waals surface area (Å²) in [6, 6.07) is 4.35. The highest BCUT2D eigenvalue weighted by Gasteiger charge is 2.18. The van der Waals surface area contributed by atoms with E-state index in [9.17, 15) is 8.42 Å². The number of nitrogens with two attached hydrogens (primary N) is 1. The quantitative estimate of drug-likeness (QED) is 0.914. The molecule has 0 bridgehead atoms. The fourth-order valence-electron chi connectivity index (χ4n) is 1.59. The van der Waals surface area contributed by atoms with Crippen molar-refractivity contribution in [3.63, 3.8) is 0 Å². The van der Waals surface area contributed by atoms with Gasteiger partial charge < -0.3 is 4.90 Å². The molecule has 2 heterocycles. The number of anilines is 1. The molecule has 0 saturated carbocycles. The zero-order valence-electron chi connectivity index (χ0n) is 10.6. The van der Waals surface area contributed by atoms with Crippen LogP contribution in [0.2, 0.25) is 0 Å². The van der Waals surface area contributed by atoms with Gasteiger partial charge in [0, 0.05) is 24.4 Å². The maximum absolute atomic E-state index is 11.2. The molecular formula is C11H15N3O2S3. The van der Waals surface area contributed by atoms with Gasteiger partial charge in [-0.2, -0.15) is 0 Å². The summed E-state index contributed by atoms with van der Waals surface area (Å²) in [4.78, 5) is 7.39. The molecular weight excluding hydrogens is 302 g/mol. The third-order valence-electron chi connectivity index (χ3n) is 2.79. The lowest BCUT2D eigenvalue weighted by Crippen LogP contribution is -2.30. The molecule has 19 heavy (non-hydrogen) atoms. The molecule has 0 spiro atoms. The number of rotatable bonds is 5. The number of likely N-dealkylation sites (N-methyl/N-ethyl adjacent to an activating group) is 1. The second-order valence-electron chi connectivity index (χ2n) is 4.25. The summed E-state index contributed by atoms with van der Waals surface area (Å²) >= 11 is 2.81. The maximum atomic E-state index is 11.2. The van der Waals surface area contributed by atoms with Crippen LogP contribution in [0.4, 0.5) is 5.13 Å². The number of nitrogens with zero attached hydrogens (tertiary/aromatic N) is 2. The fourth-order valence-corrected chi connectivity index (χ4v) is 4.02. The Kier molecular flexibility index (Phi) is 4.24. The standard InChI is InChI=1S/C11H15N3O2S3/c1-8(6-9-4-3-5-17-9)14(2)11-13-7-10(18-11)19(12,15)16/h3-5,7-8H,6H2,1-2H3,(H2,12,15,16)/t8-/m1/s1. The smallest absolute Gasteiger partial charge is 0.249 e. The van der Waals surface area contributed by atoms with E-state index in [0.29, 0.717) is 5.13 Å². The van der Waals surface area contributed by atoms with Crippen LogP contribution in [0.15, 0.2) is 27.9 Å². The normalized spacial score (nSPS) is 13.4. The van der Waals surface area contributed by atoms with Crippen LogP contribution in [0.5, 0.6) is 0 Å². The Balaban J connectivity index is 2.11. The molecule has 0 fully saturated rings. The van der Waals surface area contributed by atoms with E-state index < -0.39 is 10.0 Å². The number of thiazole rings is 1. The monoisotopic (exact) mass is 317 g/mol. The molecule has 104 valence electrons. The first-order valence-corrected chi connectivity index (χ1v) is 8.86. The summed E-state index contributed by atoms with van der Waals surface area (Å²) in [6.45, 7) is 2.08. The summed E-state index contributed by atoms with van der Waals surface area (Å²) < 4.78 is 22.5. The summed E-state index contributed by atoms with van der Waals surface area (Å²) in [5.41, 5.74) is 0. The predicted molar refractivity (Wildman–Crippen MR) is 79.4 cm³/mol. The van der Waals surface area contributed by atoms with Gasteiger partial charge in [0.1, 0.15) is 0 Å². The first-order chi connectivity index (χ1) is 8.88. The van der Waals surface area contributed by atoms with E-state index in [1.165, 1.54) is 11.1 Å². The molecule has 2 N–H and O–H groups in total. The molecule has 8 heteroatoms. The topological polar surface area (TPSA) is 76.3 Å². The van der Waals surface area contributed by atoms with Gasteiger partial charge in [-0.1, -0.05) is 17.4 Å². The molecule has 2 aromatic rings. The van der Waals surface area contributed by atoms with Crippen molar-refractivity contribution in [3.8, 4) is 0 Å². The third-order valence-corrected chi connectivity index (χ3v) is 6.19. The number of thiophene rings is 1. The Labute approximate surface area is 120 Å². The summed E-state index contributed by atoms with van der Waals surface area (Å²) in [7, 11) is -1.75. The van der Waals surface area contributed by atoms with Crippen molar-refractivity contribution in [2.75, 3.05) is 11.9 Å². The molecule has 1 atom stereocenters. The second kappa shape index (κ2) is 5.58. The lowest BCUT2D eigenvalue weighted by atomic mass is 10.2. The average molecular weight is 317 g/mol. The second-order valence-corrected chi connectivity index (χ2v) is 8.08. The highest BCUT2D eigenvalue weighted by atomic mass is 32.2. The Morgan fingerprint density at radius 1 is 1.53 bits per heavy atom. The molecule has 0 aliphatic rings. The summed E-state index contributed by atoms with van der Waals surface area (Å²) in [5, 5.41) is 7.79. The van der Waals surface area contributed by atoms with Crippen LogP contribution in [0, 0.1) is 0 Å². The van der Waals surface area contributed by atoms with E-state index in [0.717, 1.165) is 17.8 Å². The van der Waals surface area contributed by atoms with Gasteiger partial charge in [-0.25, -0.2) is 18.5 Å². The first kappa shape index (κ1) is 14.4. The number of hydrogen-bond acceptors (Lipinski definition) is 6. The fraction of sp³-hybridized carbons (Fsp3) is 0.364. The predicted octanol–water partition coefficient (Wildman–Crippen LogP) is 1.92. The van der Waals surface area contributed by atoms with Gasteiger partial charge in [-0.3, -0.25) is 0 Å². The van der Waals surface area contributed by atoms with Gasteiger partial charge in [0.25, 0.3) is 0 Å². The SMILES string of the molecule is C[C@H](Cc1cccs1)N(C)c1ncc(S(N)(=O)=O)s1. The molecule has 0 unspecified atom stereocenters. The number of aromatic nitrogens is 1. The van der Waals surface area contributed by atoms with E-state index in [2.05, 4.69) is 18.0 Å². The minimum absolute atomic E-state index is 0.0951. The average Bonchev–Trinajstić information content (AvgIpc) is 2.97. The highest BCUT2D eigenvalue weighted by molar-refractivity contribution is 7.91. The van der Waals surface area contributed by atoms with E-state index >= 15 is 0 Å². The molecule has 0 aliphatic heterocycles. The van der Waals surface area contributed by atoms with E-state index in [1.807, 2.05) is 23.4 Å². The van der Waals surface area contributed by atoms with Gasteiger partial charge in [0.15, 0.2) is 9.34 Å². The maximum Gasteiger partial charge on any atom is 0.249 e. The van der Waals surface area contributed by atoms with E-state index in [-0.39, 0.29) is 10.3 Å². The Bertz CT molecular complexity index is 634. The van der Waals surface area contributed by atoms with E-state index in [4.69, 9.17) is 5.14 Å². The third kappa shape index (κ3) is 3.53. The van der Waals surface area contributed by atoms with Crippen molar-refractivity contribution >= 4 is 37.8 Å². The summed E-state index contributed by atoms with van der Waals surface area (Å²) in [6.07, 6.45) is 2.21. The van der Waals surface area contributed by atoms with Crippen LogP contribution in [0.1, 0.15) is 11.8 Å². The molecule has 0 aliphatic carbocycles. The molecule has 0 aromatic carbocycles. The van der Waals surface area contributed by atoms with Gasteiger partial charge in [0.2, 0.25) is 10.0 Å². The summed E-state index contributed by atoms with van der Waals surface area (Å²) in [5.74, 6) is 0. The van der Waals surface area contributed by atoms with Gasteiger partial charge >= 0.3 is 0 Å².